The summed E-state index contributed by atoms with van der Waals surface area (Å²) in [4.78, 5) is 11.8. The van der Waals surface area contributed by atoms with Crippen LogP contribution in [-0.4, -0.2) is 23.2 Å². The van der Waals surface area contributed by atoms with Crippen molar-refractivity contribution in [2.45, 2.75) is 32.3 Å². The first-order valence-electron chi connectivity index (χ1n) is 5.81. The lowest BCUT2D eigenvalue weighted by molar-refractivity contribution is 0.0469. The van der Waals surface area contributed by atoms with E-state index in [2.05, 4.69) is 21.2 Å². The van der Waals surface area contributed by atoms with Gasteiger partial charge in [0.25, 0.3) is 5.91 Å². The smallest absolute Gasteiger partial charge is 0.251 e. The highest BCUT2D eigenvalue weighted by Gasteiger charge is 2.20. The molecule has 1 aromatic carbocycles. The quantitative estimate of drug-likeness (QED) is 0.877. The minimum atomic E-state index is -0.932. The number of aliphatic hydroxyl groups is 1. The van der Waals surface area contributed by atoms with Crippen LogP contribution < -0.4 is 5.32 Å². The molecule has 0 fully saturated rings. The van der Waals surface area contributed by atoms with Crippen molar-refractivity contribution in [3.05, 3.63) is 34.1 Å². The van der Waals surface area contributed by atoms with Gasteiger partial charge in [0.15, 0.2) is 0 Å². The van der Waals surface area contributed by atoms with Gasteiger partial charge in [-0.1, -0.05) is 13.3 Å². The molecule has 0 aromatic heterocycles. The molecule has 0 heterocycles. The Balaban J connectivity index is 2.63. The second-order valence-electron chi connectivity index (χ2n) is 4.56. The van der Waals surface area contributed by atoms with Crippen LogP contribution in [0.1, 0.15) is 37.0 Å². The summed E-state index contributed by atoms with van der Waals surface area (Å²) in [5.41, 5.74) is -0.693. The van der Waals surface area contributed by atoms with Crippen molar-refractivity contribution in [3.63, 3.8) is 0 Å². The Hall–Kier alpha value is -0.940. The van der Waals surface area contributed by atoms with E-state index >= 15 is 0 Å². The maximum atomic E-state index is 13.3. The van der Waals surface area contributed by atoms with Crippen LogP contribution in [0, 0.1) is 5.82 Å². The first kappa shape index (κ1) is 15.1. The van der Waals surface area contributed by atoms with Crippen LogP contribution in [0.15, 0.2) is 22.7 Å². The van der Waals surface area contributed by atoms with Gasteiger partial charge in [0.2, 0.25) is 0 Å². The molecule has 1 rings (SSSR count). The molecule has 0 spiro atoms. The Kier molecular flexibility index (Phi) is 5.28. The van der Waals surface area contributed by atoms with E-state index in [0.29, 0.717) is 10.9 Å². The molecule has 0 aliphatic rings. The number of halogens is 2. The molecule has 3 nitrogen and oxygen atoms in total. The number of nitrogens with one attached hydrogen (secondary N) is 1. The van der Waals surface area contributed by atoms with E-state index in [-0.39, 0.29) is 12.1 Å². The van der Waals surface area contributed by atoms with Crippen molar-refractivity contribution < 1.29 is 14.3 Å². The molecule has 0 aliphatic heterocycles. The summed E-state index contributed by atoms with van der Waals surface area (Å²) in [6.45, 7) is 3.77. The fourth-order valence-corrected chi connectivity index (χ4v) is 1.88. The van der Waals surface area contributed by atoms with Crippen LogP contribution in [0.2, 0.25) is 0 Å². The molecule has 1 atom stereocenters. The summed E-state index contributed by atoms with van der Waals surface area (Å²) >= 11 is 3.02. The van der Waals surface area contributed by atoms with Crippen molar-refractivity contribution in [1.82, 2.24) is 5.32 Å². The number of carbonyl (C=O) groups is 1. The lowest BCUT2D eigenvalue weighted by Gasteiger charge is -2.22. The van der Waals surface area contributed by atoms with Crippen LogP contribution in [0.4, 0.5) is 4.39 Å². The average molecular weight is 318 g/mol. The maximum Gasteiger partial charge on any atom is 0.251 e. The van der Waals surface area contributed by atoms with Gasteiger partial charge < -0.3 is 10.4 Å². The summed E-state index contributed by atoms with van der Waals surface area (Å²) in [6, 6.07) is 4.17. The minimum Gasteiger partial charge on any atom is -0.388 e. The minimum absolute atomic E-state index is 0.150. The van der Waals surface area contributed by atoms with Crippen molar-refractivity contribution in [1.29, 1.82) is 0 Å². The zero-order chi connectivity index (χ0) is 13.8. The summed E-state index contributed by atoms with van der Waals surface area (Å²) in [5, 5.41) is 12.5. The Bertz CT molecular complexity index is 435. The molecule has 0 aliphatic carbocycles. The summed E-state index contributed by atoms with van der Waals surface area (Å²) in [5.74, 6) is -0.874. The van der Waals surface area contributed by atoms with Gasteiger partial charge in [-0.2, -0.15) is 0 Å². The Morgan fingerprint density at radius 1 is 1.56 bits per heavy atom. The van der Waals surface area contributed by atoms with Crippen LogP contribution in [0.3, 0.4) is 0 Å². The molecule has 0 saturated carbocycles. The largest absolute Gasteiger partial charge is 0.388 e. The van der Waals surface area contributed by atoms with E-state index in [1.807, 2.05) is 6.92 Å². The number of benzene rings is 1. The highest BCUT2D eigenvalue weighted by Crippen LogP contribution is 2.16. The first-order chi connectivity index (χ1) is 8.35. The van der Waals surface area contributed by atoms with Gasteiger partial charge in [0.05, 0.1) is 10.1 Å². The third kappa shape index (κ3) is 4.38. The maximum absolute atomic E-state index is 13.3. The summed E-state index contributed by atoms with van der Waals surface area (Å²) in [6.07, 6.45) is 1.43. The fourth-order valence-electron chi connectivity index (χ4n) is 1.64. The monoisotopic (exact) mass is 317 g/mol. The molecular formula is C13H17BrFNO2. The Morgan fingerprint density at radius 2 is 2.22 bits per heavy atom. The van der Waals surface area contributed by atoms with Crippen molar-refractivity contribution in [3.8, 4) is 0 Å². The van der Waals surface area contributed by atoms with Gasteiger partial charge in [-0.3, -0.25) is 4.79 Å². The zero-order valence-corrected chi connectivity index (χ0v) is 12.1. The fraction of sp³-hybridized carbons (Fsp3) is 0.462. The van der Waals surface area contributed by atoms with Crippen molar-refractivity contribution >= 4 is 21.8 Å². The Labute approximate surface area is 115 Å². The number of amides is 1. The third-order valence-electron chi connectivity index (χ3n) is 2.60. The molecule has 2 N–H and O–H groups in total. The van der Waals surface area contributed by atoms with Crippen LogP contribution in [0.25, 0.3) is 0 Å². The van der Waals surface area contributed by atoms with Gasteiger partial charge in [0.1, 0.15) is 5.82 Å². The topological polar surface area (TPSA) is 49.3 Å². The molecule has 1 aromatic rings. The van der Waals surface area contributed by atoms with E-state index in [1.165, 1.54) is 12.1 Å². The Morgan fingerprint density at radius 3 is 2.78 bits per heavy atom. The summed E-state index contributed by atoms with van der Waals surface area (Å²) < 4.78 is 13.6. The molecule has 5 heteroatoms. The van der Waals surface area contributed by atoms with Crippen molar-refractivity contribution in [2.24, 2.45) is 0 Å². The predicted octanol–water partition coefficient (Wildman–Crippen LogP) is 2.87. The van der Waals surface area contributed by atoms with E-state index in [9.17, 15) is 14.3 Å². The predicted molar refractivity (Wildman–Crippen MR) is 72.0 cm³/mol. The molecule has 18 heavy (non-hydrogen) atoms. The molecule has 1 amide bonds. The van der Waals surface area contributed by atoms with Crippen molar-refractivity contribution in [2.75, 3.05) is 6.54 Å². The second-order valence-corrected chi connectivity index (χ2v) is 5.41. The molecule has 0 saturated heterocycles. The molecular weight excluding hydrogens is 301 g/mol. The lowest BCUT2D eigenvalue weighted by Crippen LogP contribution is -2.40. The van der Waals surface area contributed by atoms with Crippen LogP contribution in [0.5, 0.6) is 0 Å². The normalized spacial score (nSPS) is 14.1. The standard InChI is InChI=1S/C13H17BrFNO2/c1-3-6-13(2,18)8-16-12(17)9-4-5-10(14)11(15)7-9/h4-5,7,18H,3,6,8H2,1-2H3,(H,16,17). The van der Waals surface area contributed by atoms with E-state index in [4.69, 9.17) is 0 Å². The molecule has 0 radical (unpaired) electrons. The highest BCUT2D eigenvalue weighted by molar-refractivity contribution is 9.10. The number of hydrogen-bond acceptors (Lipinski definition) is 2. The molecule has 1 unspecified atom stereocenters. The zero-order valence-electron chi connectivity index (χ0n) is 10.5. The van der Waals surface area contributed by atoms with Crippen LogP contribution in [-0.2, 0) is 0 Å². The second kappa shape index (κ2) is 6.29. The number of rotatable bonds is 5. The lowest BCUT2D eigenvalue weighted by atomic mass is 10.0. The van der Waals surface area contributed by atoms with Crippen LogP contribution >= 0.6 is 15.9 Å². The van der Waals surface area contributed by atoms with Gasteiger partial charge in [-0.25, -0.2) is 4.39 Å². The van der Waals surface area contributed by atoms with Gasteiger partial charge in [-0.05, 0) is 47.5 Å². The van der Waals surface area contributed by atoms with E-state index in [0.717, 1.165) is 12.5 Å². The van der Waals surface area contributed by atoms with Gasteiger partial charge in [-0.15, -0.1) is 0 Å². The summed E-state index contributed by atoms with van der Waals surface area (Å²) in [7, 11) is 0. The van der Waals surface area contributed by atoms with Gasteiger partial charge in [0, 0.05) is 12.1 Å². The van der Waals surface area contributed by atoms with Gasteiger partial charge >= 0.3 is 0 Å². The molecule has 100 valence electrons. The average Bonchev–Trinajstić information content (AvgIpc) is 2.30. The SMILES string of the molecule is CCCC(C)(O)CNC(=O)c1ccc(Br)c(F)c1. The highest BCUT2D eigenvalue weighted by atomic mass is 79.9. The van der Waals surface area contributed by atoms with E-state index < -0.39 is 17.3 Å². The number of hydrogen-bond donors (Lipinski definition) is 2. The first-order valence-corrected chi connectivity index (χ1v) is 6.60. The molecule has 0 bridgehead atoms. The third-order valence-corrected chi connectivity index (χ3v) is 3.24. The number of carbonyl (C=O) groups excluding carboxylic acids is 1. The van der Waals surface area contributed by atoms with E-state index in [1.54, 1.807) is 6.92 Å².